The fourth-order valence-corrected chi connectivity index (χ4v) is 6.76. The highest BCUT2D eigenvalue weighted by Crippen LogP contribution is 2.35. The van der Waals surface area contributed by atoms with Gasteiger partial charge in [-0.2, -0.15) is 5.26 Å². The number of benzene rings is 1. The Balaban J connectivity index is 1.18. The molecule has 1 aromatic carbocycles. The van der Waals surface area contributed by atoms with Crippen LogP contribution in [-0.4, -0.2) is 70.6 Å². The van der Waals surface area contributed by atoms with Gasteiger partial charge in [0.1, 0.15) is 0 Å². The molecule has 0 aliphatic carbocycles. The van der Waals surface area contributed by atoms with Crippen molar-refractivity contribution in [2.75, 3.05) is 37.8 Å². The number of carbonyl (C=O) groups is 1. The maximum Gasteiger partial charge on any atom is 0.240 e. The lowest BCUT2D eigenvalue weighted by Gasteiger charge is -2.35. The number of nitriles is 1. The molecule has 4 heterocycles. The van der Waals surface area contributed by atoms with E-state index in [1.165, 1.54) is 9.71 Å². The Morgan fingerprint density at radius 1 is 1.28 bits per heavy atom. The standard InChI is InChI=1S/C21H25N5OS2/c22-11-14-1-2-19-17(9-14)24-20(29-19)15-3-5-25(6-4-15)16-10-18(23-12-16)21(27)26-7-8-28-13-26/h1-2,9,15-16,18,23H,3-8,10,12-13H2/t16-,18-/m0/s1. The van der Waals surface area contributed by atoms with Crippen molar-refractivity contribution in [3.63, 3.8) is 0 Å². The fourth-order valence-electron chi connectivity index (χ4n) is 4.69. The first-order valence-corrected chi connectivity index (χ1v) is 12.3. The molecular weight excluding hydrogens is 402 g/mol. The molecule has 1 amide bonds. The Hall–Kier alpha value is -1.66. The van der Waals surface area contributed by atoms with Crippen LogP contribution in [0, 0.1) is 11.3 Å². The van der Waals surface area contributed by atoms with Crippen molar-refractivity contribution in [2.45, 2.75) is 37.3 Å². The molecule has 1 N–H and O–H groups in total. The summed E-state index contributed by atoms with van der Waals surface area (Å²) in [6.45, 7) is 3.95. The lowest BCUT2D eigenvalue weighted by Crippen LogP contribution is -2.42. The number of amides is 1. The Morgan fingerprint density at radius 2 is 2.14 bits per heavy atom. The number of fused-ring (bicyclic) bond motifs is 1. The molecule has 3 fully saturated rings. The van der Waals surface area contributed by atoms with Gasteiger partial charge in [0.15, 0.2) is 0 Å². The van der Waals surface area contributed by atoms with Gasteiger partial charge in [0.05, 0.1) is 38.8 Å². The summed E-state index contributed by atoms with van der Waals surface area (Å²) in [6, 6.07) is 8.45. The summed E-state index contributed by atoms with van der Waals surface area (Å²) < 4.78 is 1.17. The molecule has 2 atom stereocenters. The number of hydrogen-bond acceptors (Lipinski definition) is 7. The number of rotatable bonds is 3. The van der Waals surface area contributed by atoms with Crippen molar-refractivity contribution >= 4 is 39.2 Å². The number of hydrogen-bond donors (Lipinski definition) is 1. The van der Waals surface area contributed by atoms with Gasteiger partial charge in [-0.05, 0) is 50.6 Å². The number of thioether (sulfide) groups is 1. The van der Waals surface area contributed by atoms with E-state index in [0.717, 1.165) is 62.6 Å². The van der Waals surface area contributed by atoms with Crippen LogP contribution in [0.5, 0.6) is 0 Å². The quantitative estimate of drug-likeness (QED) is 0.812. The Kier molecular flexibility index (Phi) is 5.48. The first-order chi connectivity index (χ1) is 14.2. The van der Waals surface area contributed by atoms with E-state index in [1.54, 1.807) is 11.3 Å². The number of nitrogens with one attached hydrogen (secondary N) is 1. The molecule has 0 bridgehead atoms. The molecule has 8 heteroatoms. The van der Waals surface area contributed by atoms with Crippen LogP contribution in [-0.2, 0) is 4.79 Å². The van der Waals surface area contributed by atoms with Gasteiger partial charge in [-0.3, -0.25) is 9.69 Å². The van der Waals surface area contributed by atoms with E-state index in [2.05, 4.69) is 16.3 Å². The fraction of sp³-hybridized carbons (Fsp3) is 0.571. The third-order valence-electron chi connectivity index (χ3n) is 6.40. The van der Waals surface area contributed by atoms with Gasteiger partial charge in [-0.1, -0.05) is 0 Å². The second kappa shape index (κ2) is 8.23. The van der Waals surface area contributed by atoms with Crippen LogP contribution in [0.15, 0.2) is 18.2 Å². The Morgan fingerprint density at radius 3 is 2.90 bits per heavy atom. The minimum Gasteiger partial charge on any atom is -0.331 e. The molecule has 3 aliphatic rings. The van der Waals surface area contributed by atoms with Crippen molar-refractivity contribution in [1.82, 2.24) is 20.1 Å². The van der Waals surface area contributed by atoms with Gasteiger partial charge in [0.2, 0.25) is 5.91 Å². The van der Waals surface area contributed by atoms with E-state index in [4.69, 9.17) is 10.2 Å². The molecule has 3 saturated heterocycles. The van der Waals surface area contributed by atoms with Crippen LogP contribution in [0.1, 0.15) is 35.8 Å². The summed E-state index contributed by atoms with van der Waals surface area (Å²) in [5, 5.41) is 13.8. The molecule has 0 unspecified atom stereocenters. The van der Waals surface area contributed by atoms with Gasteiger partial charge >= 0.3 is 0 Å². The highest BCUT2D eigenvalue weighted by atomic mass is 32.2. The third-order valence-corrected chi connectivity index (χ3v) is 8.56. The monoisotopic (exact) mass is 427 g/mol. The van der Waals surface area contributed by atoms with E-state index in [0.29, 0.717) is 23.4 Å². The topological polar surface area (TPSA) is 72.3 Å². The Bertz CT molecular complexity index is 940. The minimum atomic E-state index is -0.00462. The van der Waals surface area contributed by atoms with Crippen LogP contribution < -0.4 is 5.32 Å². The number of piperidine rings is 1. The molecule has 29 heavy (non-hydrogen) atoms. The maximum atomic E-state index is 12.6. The normalized spacial score (nSPS) is 26.2. The molecule has 5 rings (SSSR count). The third kappa shape index (κ3) is 3.89. The summed E-state index contributed by atoms with van der Waals surface area (Å²) in [6.07, 6.45) is 3.16. The Labute approximate surface area is 179 Å². The van der Waals surface area contributed by atoms with Crippen molar-refractivity contribution in [1.29, 1.82) is 5.26 Å². The van der Waals surface area contributed by atoms with Gasteiger partial charge < -0.3 is 10.2 Å². The second-order valence-electron chi connectivity index (χ2n) is 8.15. The second-order valence-corrected chi connectivity index (χ2v) is 10.3. The van der Waals surface area contributed by atoms with Crippen molar-refractivity contribution in [2.24, 2.45) is 0 Å². The summed E-state index contributed by atoms with van der Waals surface area (Å²) in [7, 11) is 0. The smallest absolute Gasteiger partial charge is 0.240 e. The lowest BCUT2D eigenvalue weighted by molar-refractivity contribution is -0.131. The predicted molar refractivity (Wildman–Crippen MR) is 117 cm³/mol. The largest absolute Gasteiger partial charge is 0.331 e. The lowest BCUT2D eigenvalue weighted by atomic mass is 9.95. The molecule has 1 aromatic heterocycles. The number of likely N-dealkylation sites (tertiary alicyclic amines) is 1. The first kappa shape index (κ1) is 19.3. The molecule has 0 radical (unpaired) electrons. The average Bonchev–Trinajstić information content (AvgIpc) is 3.53. The van der Waals surface area contributed by atoms with Gasteiger partial charge in [0, 0.05) is 30.8 Å². The van der Waals surface area contributed by atoms with Crippen LogP contribution in [0.2, 0.25) is 0 Å². The summed E-state index contributed by atoms with van der Waals surface area (Å²) in [5.74, 6) is 2.71. The van der Waals surface area contributed by atoms with E-state index in [-0.39, 0.29) is 6.04 Å². The van der Waals surface area contributed by atoms with Crippen LogP contribution in [0.4, 0.5) is 0 Å². The zero-order chi connectivity index (χ0) is 19.8. The van der Waals surface area contributed by atoms with Crippen LogP contribution in [0.25, 0.3) is 10.2 Å². The molecular formula is C21H25N5OS2. The SMILES string of the molecule is N#Cc1ccc2sc(C3CCN([C@@H]4CN[C@H](C(=O)N5CCSC5)C4)CC3)nc2c1. The summed E-state index contributed by atoms with van der Waals surface area (Å²) >= 11 is 3.62. The van der Waals surface area contributed by atoms with Crippen molar-refractivity contribution in [3.05, 3.63) is 28.8 Å². The number of nitrogens with zero attached hydrogens (tertiary/aromatic N) is 4. The number of thiazole rings is 1. The zero-order valence-corrected chi connectivity index (χ0v) is 18.0. The van der Waals surface area contributed by atoms with E-state index in [9.17, 15) is 4.79 Å². The molecule has 2 aromatic rings. The molecule has 152 valence electrons. The van der Waals surface area contributed by atoms with Gasteiger partial charge in [-0.25, -0.2) is 4.98 Å². The molecule has 0 spiro atoms. The predicted octanol–water partition coefficient (Wildman–Crippen LogP) is 2.61. The zero-order valence-electron chi connectivity index (χ0n) is 16.3. The summed E-state index contributed by atoms with van der Waals surface area (Å²) in [5.41, 5.74) is 1.63. The average molecular weight is 428 g/mol. The van der Waals surface area contributed by atoms with Crippen LogP contribution in [0.3, 0.4) is 0 Å². The number of carbonyl (C=O) groups excluding carboxylic acids is 1. The maximum absolute atomic E-state index is 12.6. The van der Waals surface area contributed by atoms with Gasteiger partial charge in [-0.15, -0.1) is 23.1 Å². The van der Waals surface area contributed by atoms with E-state index in [1.807, 2.05) is 34.9 Å². The molecule has 0 saturated carbocycles. The van der Waals surface area contributed by atoms with E-state index < -0.39 is 0 Å². The first-order valence-electron chi connectivity index (χ1n) is 10.4. The highest BCUT2D eigenvalue weighted by Gasteiger charge is 2.37. The van der Waals surface area contributed by atoms with Crippen molar-refractivity contribution in [3.8, 4) is 6.07 Å². The molecule has 3 aliphatic heterocycles. The minimum absolute atomic E-state index is 0.00462. The van der Waals surface area contributed by atoms with Gasteiger partial charge in [0.25, 0.3) is 0 Å². The van der Waals surface area contributed by atoms with Crippen molar-refractivity contribution < 1.29 is 4.79 Å². The number of aromatic nitrogens is 1. The van der Waals surface area contributed by atoms with Crippen LogP contribution >= 0.6 is 23.1 Å². The van der Waals surface area contributed by atoms with E-state index >= 15 is 0 Å². The molecule has 6 nitrogen and oxygen atoms in total. The highest BCUT2D eigenvalue weighted by molar-refractivity contribution is 7.99. The summed E-state index contributed by atoms with van der Waals surface area (Å²) in [4.78, 5) is 22.0.